The lowest BCUT2D eigenvalue weighted by Gasteiger charge is -2.13. The Morgan fingerprint density at radius 2 is 1.61 bits per heavy atom. The van der Waals surface area contributed by atoms with Gasteiger partial charge in [0.05, 0.1) is 18.8 Å². The Balaban J connectivity index is 1.98. The molecule has 0 bridgehead atoms. The monoisotopic (exact) mass is 385 g/mol. The van der Waals surface area contributed by atoms with Crippen LogP contribution >= 0.6 is 0 Å². The van der Waals surface area contributed by atoms with Gasteiger partial charge < -0.3 is 19.5 Å². The second-order valence-electron chi connectivity index (χ2n) is 6.30. The van der Waals surface area contributed by atoms with Crippen molar-refractivity contribution in [1.29, 1.82) is 0 Å². The van der Waals surface area contributed by atoms with E-state index in [0.717, 1.165) is 18.4 Å². The molecule has 0 atom stereocenters. The highest BCUT2D eigenvalue weighted by Gasteiger charge is 2.15. The minimum atomic E-state index is -0.594. The molecule has 28 heavy (non-hydrogen) atoms. The number of carbonyl (C=O) groups is 2. The van der Waals surface area contributed by atoms with Crippen LogP contribution in [0.15, 0.2) is 42.5 Å². The molecule has 2 aromatic rings. The van der Waals surface area contributed by atoms with E-state index < -0.39 is 11.9 Å². The van der Waals surface area contributed by atoms with Crippen LogP contribution in [-0.4, -0.2) is 31.7 Å². The highest BCUT2D eigenvalue weighted by atomic mass is 16.5. The molecule has 6 nitrogen and oxygen atoms in total. The Labute approximate surface area is 165 Å². The van der Waals surface area contributed by atoms with Gasteiger partial charge in [0.15, 0.2) is 18.1 Å². The van der Waals surface area contributed by atoms with Crippen molar-refractivity contribution in [2.24, 2.45) is 0 Å². The molecule has 2 rings (SSSR count). The molecule has 0 fully saturated rings. The minimum Gasteiger partial charge on any atom is -0.490 e. The van der Waals surface area contributed by atoms with Crippen molar-refractivity contribution in [3.05, 3.63) is 53.6 Å². The first-order chi connectivity index (χ1) is 13.5. The standard InChI is InChI=1S/C22H27NO5/c1-4-12-26-19-11-10-17(14-20(19)27-13-5-2)22(25)28-15-21(24)23-18-9-7-6-8-16(18)3/h6-11,14H,4-5,12-13,15H2,1-3H3,(H,23,24). The van der Waals surface area contributed by atoms with Crippen LogP contribution < -0.4 is 14.8 Å². The van der Waals surface area contributed by atoms with Crippen LogP contribution in [0.1, 0.15) is 42.6 Å². The lowest BCUT2D eigenvalue weighted by atomic mass is 10.2. The number of carbonyl (C=O) groups excluding carboxylic acids is 2. The molecule has 2 aromatic carbocycles. The van der Waals surface area contributed by atoms with Crippen LogP contribution in [0.3, 0.4) is 0 Å². The largest absolute Gasteiger partial charge is 0.490 e. The molecule has 0 spiro atoms. The Morgan fingerprint density at radius 3 is 2.29 bits per heavy atom. The van der Waals surface area contributed by atoms with E-state index in [2.05, 4.69) is 5.32 Å². The van der Waals surface area contributed by atoms with Gasteiger partial charge in [-0.25, -0.2) is 4.79 Å². The van der Waals surface area contributed by atoms with Crippen molar-refractivity contribution in [3.63, 3.8) is 0 Å². The van der Waals surface area contributed by atoms with Crippen LogP contribution in [0.5, 0.6) is 11.5 Å². The summed E-state index contributed by atoms with van der Waals surface area (Å²) >= 11 is 0. The van der Waals surface area contributed by atoms with Crippen molar-refractivity contribution < 1.29 is 23.8 Å². The first-order valence-corrected chi connectivity index (χ1v) is 9.47. The highest BCUT2D eigenvalue weighted by molar-refractivity contribution is 5.96. The van der Waals surface area contributed by atoms with Gasteiger partial charge in [-0.05, 0) is 49.6 Å². The number of esters is 1. The zero-order valence-corrected chi connectivity index (χ0v) is 16.6. The molecule has 0 saturated carbocycles. The van der Waals surface area contributed by atoms with Crippen molar-refractivity contribution >= 4 is 17.6 Å². The molecule has 1 N–H and O–H groups in total. The van der Waals surface area contributed by atoms with E-state index in [1.807, 2.05) is 39.0 Å². The molecule has 0 aliphatic rings. The Kier molecular flexibility index (Phi) is 8.34. The second-order valence-corrected chi connectivity index (χ2v) is 6.30. The van der Waals surface area contributed by atoms with Crippen molar-refractivity contribution in [1.82, 2.24) is 0 Å². The molecule has 0 unspecified atom stereocenters. The van der Waals surface area contributed by atoms with E-state index in [1.165, 1.54) is 0 Å². The summed E-state index contributed by atoms with van der Waals surface area (Å²) in [6, 6.07) is 12.3. The lowest BCUT2D eigenvalue weighted by Crippen LogP contribution is -2.21. The van der Waals surface area contributed by atoms with Gasteiger partial charge in [-0.3, -0.25) is 4.79 Å². The number of rotatable bonds is 10. The van der Waals surface area contributed by atoms with Gasteiger partial charge in [-0.15, -0.1) is 0 Å². The molecule has 0 saturated heterocycles. The van der Waals surface area contributed by atoms with Crippen LogP contribution in [-0.2, 0) is 9.53 Å². The summed E-state index contributed by atoms with van der Waals surface area (Å²) < 4.78 is 16.5. The van der Waals surface area contributed by atoms with Crippen LogP contribution in [0.2, 0.25) is 0 Å². The lowest BCUT2D eigenvalue weighted by molar-refractivity contribution is -0.119. The fourth-order valence-corrected chi connectivity index (χ4v) is 2.40. The molecule has 0 aromatic heterocycles. The fourth-order valence-electron chi connectivity index (χ4n) is 2.40. The molecule has 0 aliphatic heterocycles. The predicted molar refractivity (Wildman–Crippen MR) is 108 cm³/mol. The Bertz CT molecular complexity index is 803. The van der Waals surface area contributed by atoms with E-state index in [1.54, 1.807) is 24.3 Å². The summed E-state index contributed by atoms with van der Waals surface area (Å²) in [6.07, 6.45) is 1.70. The summed E-state index contributed by atoms with van der Waals surface area (Å²) in [5, 5.41) is 2.73. The number of ether oxygens (including phenoxy) is 3. The van der Waals surface area contributed by atoms with Gasteiger partial charge in [0.2, 0.25) is 0 Å². The maximum Gasteiger partial charge on any atom is 0.338 e. The molecule has 1 amide bonds. The number of anilines is 1. The van der Waals surface area contributed by atoms with E-state index in [0.29, 0.717) is 36.0 Å². The van der Waals surface area contributed by atoms with Crippen LogP contribution in [0, 0.1) is 6.92 Å². The number of nitrogens with one attached hydrogen (secondary N) is 1. The number of aryl methyl sites for hydroxylation is 1. The molecule has 0 radical (unpaired) electrons. The van der Waals surface area contributed by atoms with E-state index in [-0.39, 0.29) is 6.61 Å². The van der Waals surface area contributed by atoms with Crippen molar-refractivity contribution in [3.8, 4) is 11.5 Å². The predicted octanol–water partition coefficient (Wildman–Crippen LogP) is 4.37. The summed E-state index contributed by atoms with van der Waals surface area (Å²) in [4.78, 5) is 24.4. The van der Waals surface area contributed by atoms with E-state index >= 15 is 0 Å². The van der Waals surface area contributed by atoms with Crippen molar-refractivity contribution in [2.75, 3.05) is 25.1 Å². The Morgan fingerprint density at radius 1 is 0.929 bits per heavy atom. The average molecular weight is 385 g/mol. The quantitative estimate of drug-likeness (QED) is 0.615. The smallest absolute Gasteiger partial charge is 0.338 e. The maximum absolute atomic E-state index is 12.3. The van der Waals surface area contributed by atoms with Crippen LogP contribution in [0.4, 0.5) is 5.69 Å². The average Bonchev–Trinajstić information content (AvgIpc) is 2.70. The Hall–Kier alpha value is -3.02. The third-order valence-corrected chi connectivity index (χ3v) is 3.86. The molecule has 0 heterocycles. The molecule has 0 aliphatic carbocycles. The summed E-state index contributed by atoms with van der Waals surface area (Å²) in [6.45, 7) is 6.61. The molecule has 6 heteroatoms. The first-order valence-electron chi connectivity index (χ1n) is 9.47. The van der Waals surface area contributed by atoms with Gasteiger partial charge in [-0.2, -0.15) is 0 Å². The van der Waals surface area contributed by atoms with Crippen molar-refractivity contribution in [2.45, 2.75) is 33.6 Å². The number of benzene rings is 2. The minimum absolute atomic E-state index is 0.304. The van der Waals surface area contributed by atoms with Crippen LogP contribution in [0.25, 0.3) is 0 Å². The van der Waals surface area contributed by atoms with Gasteiger partial charge in [0.25, 0.3) is 5.91 Å². The summed E-state index contributed by atoms with van der Waals surface area (Å²) in [7, 11) is 0. The first kappa shape index (κ1) is 21.3. The molecule has 150 valence electrons. The second kappa shape index (κ2) is 11.0. The number of hydrogen-bond donors (Lipinski definition) is 1. The number of hydrogen-bond acceptors (Lipinski definition) is 5. The highest BCUT2D eigenvalue weighted by Crippen LogP contribution is 2.29. The molecular formula is C22H27NO5. The van der Waals surface area contributed by atoms with Gasteiger partial charge in [-0.1, -0.05) is 32.0 Å². The van der Waals surface area contributed by atoms with Gasteiger partial charge in [0.1, 0.15) is 0 Å². The topological polar surface area (TPSA) is 73.9 Å². The zero-order chi connectivity index (χ0) is 20.4. The SMILES string of the molecule is CCCOc1ccc(C(=O)OCC(=O)Nc2ccccc2C)cc1OCCC. The fraction of sp³-hybridized carbons (Fsp3) is 0.364. The van der Waals surface area contributed by atoms with Gasteiger partial charge in [0, 0.05) is 5.69 Å². The number of amides is 1. The zero-order valence-electron chi connectivity index (χ0n) is 16.6. The van der Waals surface area contributed by atoms with Gasteiger partial charge >= 0.3 is 5.97 Å². The van der Waals surface area contributed by atoms with E-state index in [4.69, 9.17) is 14.2 Å². The van der Waals surface area contributed by atoms with E-state index in [9.17, 15) is 9.59 Å². The summed E-state index contributed by atoms with van der Waals surface area (Å²) in [5.41, 5.74) is 1.93. The molecular weight excluding hydrogens is 358 g/mol. The number of para-hydroxylation sites is 1. The third kappa shape index (κ3) is 6.30. The third-order valence-electron chi connectivity index (χ3n) is 3.86. The maximum atomic E-state index is 12.3. The summed E-state index contributed by atoms with van der Waals surface area (Å²) in [5.74, 6) is 0.0922. The normalized spacial score (nSPS) is 10.2.